The number of esters is 1. The number of aryl methyl sites for hydroxylation is 1. The predicted octanol–water partition coefficient (Wildman–Crippen LogP) is 1.49. The summed E-state index contributed by atoms with van der Waals surface area (Å²) in [4.78, 5) is 11.0. The standard InChI is InChI=1S/C12H13NO2/c1-3-15-12(14)8-7-10-9(2)5-4-6-11(10)13/h4-6H,3,13H2,1-2H3. The molecule has 0 aliphatic heterocycles. The lowest BCUT2D eigenvalue weighted by Gasteiger charge is -2.00. The van der Waals surface area contributed by atoms with Crippen molar-refractivity contribution in [3.63, 3.8) is 0 Å². The second kappa shape index (κ2) is 5.06. The van der Waals surface area contributed by atoms with E-state index in [1.54, 1.807) is 13.0 Å². The zero-order chi connectivity index (χ0) is 11.3. The third-order valence-corrected chi connectivity index (χ3v) is 1.87. The van der Waals surface area contributed by atoms with E-state index < -0.39 is 5.97 Å². The molecule has 2 N–H and O–H groups in total. The molecule has 78 valence electrons. The van der Waals surface area contributed by atoms with Crippen LogP contribution in [0.4, 0.5) is 5.69 Å². The molecule has 0 fully saturated rings. The smallest absolute Gasteiger partial charge is 0.384 e. The number of nitrogens with two attached hydrogens (primary N) is 1. The van der Waals surface area contributed by atoms with Crippen LogP contribution in [-0.2, 0) is 9.53 Å². The van der Waals surface area contributed by atoms with Crippen LogP contribution in [-0.4, -0.2) is 12.6 Å². The van der Waals surface area contributed by atoms with E-state index in [1.165, 1.54) is 0 Å². The number of ether oxygens (including phenoxy) is 1. The van der Waals surface area contributed by atoms with Gasteiger partial charge in [-0.1, -0.05) is 18.1 Å². The number of nitrogen functional groups attached to an aromatic ring is 1. The summed E-state index contributed by atoms with van der Waals surface area (Å²) in [5, 5.41) is 0. The highest BCUT2D eigenvalue weighted by Crippen LogP contribution is 2.14. The number of rotatable bonds is 1. The first-order valence-electron chi connectivity index (χ1n) is 4.69. The van der Waals surface area contributed by atoms with Crippen molar-refractivity contribution >= 4 is 11.7 Å². The zero-order valence-corrected chi connectivity index (χ0v) is 8.83. The molecule has 0 unspecified atom stereocenters. The van der Waals surface area contributed by atoms with Crippen LogP contribution in [0, 0.1) is 18.8 Å². The minimum atomic E-state index is -0.528. The van der Waals surface area contributed by atoms with E-state index in [2.05, 4.69) is 16.6 Å². The van der Waals surface area contributed by atoms with E-state index in [4.69, 9.17) is 5.73 Å². The van der Waals surface area contributed by atoms with Gasteiger partial charge >= 0.3 is 5.97 Å². The quantitative estimate of drug-likeness (QED) is 0.427. The average Bonchev–Trinajstić information content (AvgIpc) is 2.17. The summed E-state index contributed by atoms with van der Waals surface area (Å²) in [5.74, 6) is 4.58. The molecular weight excluding hydrogens is 190 g/mol. The first kappa shape index (κ1) is 11.1. The number of carbonyl (C=O) groups excluding carboxylic acids is 1. The molecule has 0 radical (unpaired) electrons. The van der Waals surface area contributed by atoms with Gasteiger partial charge in [0.2, 0.25) is 0 Å². The molecule has 15 heavy (non-hydrogen) atoms. The Morgan fingerprint density at radius 3 is 2.87 bits per heavy atom. The molecule has 0 heterocycles. The summed E-state index contributed by atoms with van der Waals surface area (Å²) >= 11 is 0. The Morgan fingerprint density at radius 1 is 1.53 bits per heavy atom. The lowest BCUT2D eigenvalue weighted by molar-refractivity contribution is -0.136. The van der Waals surface area contributed by atoms with Crippen molar-refractivity contribution in [2.45, 2.75) is 13.8 Å². The van der Waals surface area contributed by atoms with Gasteiger partial charge in [-0.25, -0.2) is 4.79 Å². The van der Waals surface area contributed by atoms with Gasteiger partial charge in [-0.15, -0.1) is 0 Å². The summed E-state index contributed by atoms with van der Waals surface area (Å²) in [6.45, 7) is 3.96. The van der Waals surface area contributed by atoms with Crippen LogP contribution in [0.5, 0.6) is 0 Å². The van der Waals surface area contributed by atoms with Gasteiger partial charge in [-0.3, -0.25) is 0 Å². The maximum Gasteiger partial charge on any atom is 0.384 e. The Balaban J connectivity index is 2.93. The number of benzene rings is 1. The van der Waals surface area contributed by atoms with Crippen LogP contribution in [0.15, 0.2) is 18.2 Å². The van der Waals surface area contributed by atoms with Crippen molar-refractivity contribution < 1.29 is 9.53 Å². The molecule has 0 saturated carbocycles. The van der Waals surface area contributed by atoms with Gasteiger partial charge in [0.25, 0.3) is 0 Å². The number of carbonyl (C=O) groups is 1. The molecule has 1 aromatic carbocycles. The lowest BCUT2D eigenvalue weighted by atomic mass is 10.1. The maximum absolute atomic E-state index is 11.0. The van der Waals surface area contributed by atoms with Crippen molar-refractivity contribution in [1.82, 2.24) is 0 Å². The third kappa shape index (κ3) is 3.03. The summed E-state index contributed by atoms with van der Waals surface area (Å²) in [6, 6.07) is 5.49. The largest absolute Gasteiger partial charge is 0.456 e. The fourth-order valence-electron chi connectivity index (χ4n) is 1.14. The molecule has 3 heteroatoms. The summed E-state index contributed by atoms with van der Waals surface area (Å²) < 4.78 is 4.69. The molecule has 1 aromatic rings. The fourth-order valence-corrected chi connectivity index (χ4v) is 1.14. The number of hydrogen-bond donors (Lipinski definition) is 1. The molecule has 0 amide bonds. The lowest BCUT2D eigenvalue weighted by Crippen LogP contribution is -2.00. The fraction of sp³-hybridized carbons (Fsp3) is 0.250. The van der Waals surface area contributed by atoms with E-state index >= 15 is 0 Å². The molecule has 0 aliphatic rings. The Labute approximate surface area is 89.2 Å². The highest BCUT2D eigenvalue weighted by molar-refractivity contribution is 5.89. The van der Waals surface area contributed by atoms with E-state index in [1.807, 2.05) is 19.1 Å². The average molecular weight is 203 g/mol. The van der Waals surface area contributed by atoms with Gasteiger partial charge in [0.15, 0.2) is 0 Å². The molecular formula is C12H13NO2. The molecule has 3 nitrogen and oxygen atoms in total. The molecule has 0 spiro atoms. The SMILES string of the molecule is CCOC(=O)C#Cc1c(C)cccc1N. The molecule has 0 bridgehead atoms. The highest BCUT2D eigenvalue weighted by atomic mass is 16.5. The van der Waals surface area contributed by atoms with E-state index in [0.29, 0.717) is 17.9 Å². The predicted molar refractivity (Wildman–Crippen MR) is 59.1 cm³/mol. The third-order valence-electron chi connectivity index (χ3n) is 1.87. The van der Waals surface area contributed by atoms with E-state index in [9.17, 15) is 4.79 Å². The van der Waals surface area contributed by atoms with Gasteiger partial charge in [0.05, 0.1) is 12.2 Å². The number of hydrogen-bond acceptors (Lipinski definition) is 3. The highest BCUT2D eigenvalue weighted by Gasteiger charge is 1.99. The van der Waals surface area contributed by atoms with Crippen LogP contribution in [0.3, 0.4) is 0 Å². The molecule has 0 saturated heterocycles. The Kier molecular flexibility index (Phi) is 3.75. The van der Waals surface area contributed by atoms with Crippen LogP contribution < -0.4 is 5.73 Å². The van der Waals surface area contributed by atoms with E-state index in [-0.39, 0.29) is 0 Å². The number of anilines is 1. The topological polar surface area (TPSA) is 52.3 Å². The first-order valence-corrected chi connectivity index (χ1v) is 4.69. The van der Waals surface area contributed by atoms with Crippen molar-refractivity contribution in [3.8, 4) is 11.8 Å². The van der Waals surface area contributed by atoms with Crippen LogP contribution >= 0.6 is 0 Å². The summed E-state index contributed by atoms with van der Waals surface area (Å²) in [7, 11) is 0. The second-order valence-electron chi connectivity index (χ2n) is 3.01. The maximum atomic E-state index is 11.0. The van der Waals surface area contributed by atoms with E-state index in [0.717, 1.165) is 5.56 Å². The monoisotopic (exact) mass is 203 g/mol. The van der Waals surface area contributed by atoms with Gasteiger partial charge in [0.1, 0.15) is 0 Å². The first-order chi connectivity index (χ1) is 7.15. The normalized spacial score (nSPS) is 8.93. The van der Waals surface area contributed by atoms with Crippen LogP contribution in [0.2, 0.25) is 0 Å². The van der Waals surface area contributed by atoms with Crippen molar-refractivity contribution in [3.05, 3.63) is 29.3 Å². The summed E-state index contributed by atoms with van der Waals surface area (Å²) in [6.07, 6.45) is 0. The Morgan fingerprint density at radius 2 is 2.27 bits per heavy atom. The van der Waals surface area contributed by atoms with Crippen molar-refractivity contribution in [1.29, 1.82) is 0 Å². The minimum absolute atomic E-state index is 0.330. The Bertz CT molecular complexity index is 407. The van der Waals surface area contributed by atoms with Gasteiger partial charge in [-0.05, 0) is 25.5 Å². The van der Waals surface area contributed by atoms with Gasteiger partial charge in [0, 0.05) is 11.6 Å². The van der Waals surface area contributed by atoms with Crippen molar-refractivity contribution in [2.75, 3.05) is 12.3 Å². The second-order valence-corrected chi connectivity index (χ2v) is 3.01. The van der Waals surface area contributed by atoms with Crippen molar-refractivity contribution in [2.24, 2.45) is 0 Å². The molecule has 1 rings (SSSR count). The molecule has 0 aliphatic carbocycles. The molecule has 0 aromatic heterocycles. The van der Waals surface area contributed by atoms with Crippen LogP contribution in [0.1, 0.15) is 18.1 Å². The van der Waals surface area contributed by atoms with Gasteiger partial charge < -0.3 is 10.5 Å². The summed E-state index contributed by atoms with van der Waals surface area (Å²) in [5.41, 5.74) is 7.94. The van der Waals surface area contributed by atoms with Gasteiger partial charge in [-0.2, -0.15) is 0 Å². The Hall–Kier alpha value is -1.95. The zero-order valence-electron chi connectivity index (χ0n) is 8.83. The minimum Gasteiger partial charge on any atom is -0.456 e. The molecule has 0 atom stereocenters. The van der Waals surface area contributed by atoms with Crippen LogP contribution in [0.25, 0.3) is 0 Å².